The molecule has 3 unspecified atom stereocenters. The summed E-state index contributed by atoms with van der Waals surface area (Å²) in [6.45, 7) is 4.02. The highest BCUT2D eigenvalue weighted by molar-refractivity contribution is 5.34. The highest BCUT2D eigenvalue weighted by Crippen LogP contribution is 2.37. The number of aryl methyl sites for hydroxylation is 1. The molecule has 1 aliphatic carbocycles. The van der Waals surface area contributed by atoms with Gasteiger partial charge in [-0.3, -0.25) is 4.90 Å². The topological polar surface area (TPSA) is 28.3 Å². The summed E-state index contributed by atoms with van der Waals surface area (Å²) in [5.74, 6) is 0. The Morgan fingerprint density at radius 2 is 1.72 bits per heavy atom. The lowest BCUT2D eigenvalue weighted by Gasteiger charge is -2.28. The maximum absolute atomic E-state index is 5.41. The molecular weight excluding hydrogens is 226 g/mol. The van der Waals surface area contributed by atoms with Gasteiger partial charge in [-0.15, -0.1) is 0 Å². The number of rotatable bonds is 5. The Morgan fingerprint density at radius 1 is 1.06 bits per heavy atom. The minimum absolute atomic E-state index is 0.469. The van der Waals surface area contributed by atoms with Gasteiger partial charge in [0.15, 0.2) is 0 Å². The van der Waals surface area contributed by atoms with Crippen molar-refractivity contribution in [3.63, 3.8) is 0 Å². The minimum atomic E-state index is 0.469. The van der Waals surface area contributed by atoms with Crippen LogP contribution in [0.25, 0.3) is 0 Å². The Balaban J connectivity index is 1.54. The van der Waals surface area contributed by atoms with Gasteiger partial charge in [0.2, 0.25) is 0 Å². The summed E-state index contributed by atoms with van der Waals surface area (Å²) in [6.07, 6.45) is 3.40. The first-order valence-electron chi connectivity index (χ1n) is 6.95. The Hall–Kier alpha value is -0.900. The van der Waals surface area contributed by atoms with Crippen LogP contribution in [0.1, 0.15) is 23.6 Å². The molecular formula is C15H19NO2. The van der Waals surface area contributed by atoms with E-state index < -0.39 is 0 Å². The van der Waals surface area contributed by atoms with E-state index in [9.17, 15) is 0 Å². The molecule has 96 valence electrons. The largest absolute Gasteiger partial charge is 0.372 e. The van der Waals surface area contributed by atoms with Crippen LogP contribution in [0.15, 0.2) is 24.3 Å². The molecule has 0 N–H and O–H groups in total. The van der Waals surface area contributed by atoms with E-state index in [-0.39, 0.29) is 0 Å². The van der Waals surface area contributed by atoms with E-state index in [2.05, 4.69) is 29.2 Å². The number of hydrogen-bond donors (Lipinski definition) is 0. The fourth-order valence-electron chi connectivity index (χ4n) is 3.11. The molecule has 1 aromatic rings. The van der Waals surface area contributed by atoms with E-state index in [0.29, 0.717) is 18.2 Å². The first kappa shape index (κ1) is 11.0. The average Bonchev–Trinajstić information content (AvgIpc) is 3.30. The molecule has 0 saturated carbocycles. The Labute approximate surface area is 108 Å². The Kier molecular flexibility index (Phi) is 2.64. The lowest BCUT2D eigenvalue weighted by molar-refractivity contribution is 0.163. The lowest BCUT2D eigenvalue weighted by atomic mass is 10.1. The predicted molar refractivity (Wildman–Crippen MR) is 68.6 cm³/mol. The molecule has 0 bridgehead atoms. The summed E-state index contributed by atoms with van der Waals surface area (Å²) in [5, 5.41) is 0. The zero-order chi connectivity index (χ0) is 11.9. The van der Waals surface area contributed by atoms with Crippen LogP contribution in [0.3, 0.4) is 0 Å². The van der Waals surface area contributed by atoms with Crippen molar-refractivity contribution in [1.29, 1.82) is 0 Å². The van der Waals surface area contributed by atoms with Crippen LogP contribution in [0, 0.1) is 0 Å². The third-order valence-electron chi connectivity index (χ3n) is 4.22. The molecule has 0 aromatic heterocycles. The maximum Gasteiger partial charge on any atom is 0.0936 e. The normalized spacial score (nSPS) is 32.6. The molecule has 1 aromatic carbocycles. The van der Waals surface area contributed by atoms with E-state index in [1.54, 1.807) is 0 Å². The van der Waals surface area contributed by atoms with Crippen LogP contribution in [0.2, 0.25) is 0 Å². The van der Waals surface area contributed by atoms with E-state index in [1.165, 1.54) is 24.0 Å². The number of hydrogen-bond acceptors (Lipinski definition) is 3. The molecule has 18 heavy (non-hydrogen) atoms. The average molecular weight is 245 g/mol. The quantitative estimate of drug-likeness (QED) is 0.740. The summed E-state index contributed by atoms with van der Waals surface area (Å²) in [5.41, 5.74) is 3.06. The van der Waals surface area contributed by atoms with Crippen molar-refractivity contribution in [2.24, 2.45) is 0 Å². The SMILES string of the molecule is c1ccc2c(c1)CCC2N(CC1CO1)CC1CO1. The Bertz CT molecular complexity index is 426. The highest BCUT2D eigenvalue weighted by atomic mass is 16.6. The molecule has 3 atom stereocenters. The molecule has 2 saturated heterocycles. The summed E-state index contributed by atoms with van der Waals surface area (Å²) >= 11 is 0. The number of nitrogens with zero attached hydrogens (tertiary/aromatic N) is 1. The fourth-order valence-corrected chi connectivity index (χ4v) is 3.11. The summed E-state index contributed by atoms with van der Waals surface area (Å²) in [6, 6.07) is 9.46. The first-order valence-corrected chi connectivity index (χ1v) is 6.95. The van der Waals surface area contributed by atoms with Crippen molar-refractivity contribution in [1.82, 2.24) is 4.90 Å². The summed E-state index contributed by atoms with van der Waals surface area (Å²) in [7, 11) is 0. The molecule has 2 aliphatic heterocycles. The second-order valence-electron chi connectivity index (χ2n) is 5.62. The second-order valence-corrected chi connectivity index (χ2v) is 5.62. The molecule has 4 rings (SSSR count). The molecule has 0 spiro atoms. The monoisotopic (exact) mass is 245 g/mol. The van der Waals surface area contributed by atoms with Crippen molar-refractivity contribution in [3.05, 3.63) is 35.4 Å². The van der Waals surface area contributed by atoms with Crippen LogP contribution >= 0.6 is 0 Å². The second kappa shape index (κ2) is 4.34. The molecule has 3 nitrogen and oxygen atoms in total. The van der Waals surface area contributed by atoms with Crippen molar-refractivity contribution >= 4 is 0 Å². The molecule has 2 heterocycles. The van der Waals surface area contributed by atoms with Crippen LogP contribution in [-0.4, -0.2) is 43.4 Å². The van der Waals surface area contributed by atoms with Gasteiger partial charge >= 0.3 is 0 Å². The van der Waals surface area contributed by atoms with E-state index >= 15 is 0 Å². The van der Waals surface area contributed by atoms with Gasteiger partial charge in [0.25, 0.3) is 0 Å². The third-order valence-corrected chi connectivity index (χ3v) is 4.22. The number of benzene rings is 1. The summed E-state index contributed by atoms with van der Waals surface area (Å²) < 4.78 is 10.8. The van der Waals surface area contributed by atoms with Crippen LogP contribution in [-0.2, 0) is 15.9 Å². The van der Waals surface area contributed by atoms with Crippen molar-refractivity contribution < 1.29 is 9.47 Å². The van der Waals surface area contributed by atoms with Crippen molar-refractivity contribution in [3.8, 4) is 0 Å². The van der Waals surface area contributed by atoms with Gasteiger partial charge in [-0.05, 0) is 24.0 Å². The number of ether oxygens (including phenoxy) is 2. The first-order chi connectivity index (χ1) is 8.90. The zero-order valence-electron chi connectivity index (χ0n) is 10.5. The van der Waals surface area contributed by atoms with Gasteiger partial charge < -0.3 is 9.47 Å². The van der Waals surface area contributed by atoms with Gasteiger partial charge in [0.05, 0.1) is 25.4 Å². The molecule has 0 radical (unpaired) electrons. The van der Waals surface area contributed by atoms with Gasteiger partial charge in [0, 0.05) is 19.1 Å². The Morgan fingerprint density at radius 3 is 2.39 bits per heavy atom. The minimum Gasteiger partial charge on any atom is -0.372 e. The third kappa shape index (κ3) is 2.18. The molecule has 2 fully saturated rings. The molecule has 0 amide bonds. The van der Waals surface area contributed by atoms with E-state index in [1.807, 2.05) is 0 Å². The van der Waals surface area contributed by atoms with Crippen molar-refractivity contribution in [2.45, 2.75) is 31.1 Å². The molecule has 3 aliphatic rings. The van der Waals surface area contributed by atoms with Crippen LogP contribution < -0.4 is 0 Å². The standard InChI is InChI=1S/C15H19NO2/c1-2-4-14-11(3-1)5-6-15(14)16(7-12-9-17-12)8-13-10-18-13/h1-4,12-13,15H,5-10H2. The van der Waals surface area contributed by atoms with Crippen molar-refractivity contribution in [2.75, 3.05) is 26.3 Å². The van der Waals surface area contributed by atoms with Gasteiger partial charge in [-0.25, -0.2) is 0 Å². The van der Waals surface area contributed by atoms with Gasteiger partial charge in [-0.2, -0.15) is 0 Å². The fraction of sp³-hybridized carbons (Fsp3) is 0.600. The highest BCUT2D eigenvalue weighted by Gasteiger charge is 2.36. The van der Waals surface area contributed by atoms with E-state index in [4.69, 9.17) is 9.47 Å². The zero-order valence-corrected chi connectivity index (χ0v) is 10.5. The summed E-state index contributed by atoms with van der Waals surface area (Å²) in [4.78, 5) is 2.58. The van der Waals surface area contributed by atoms with Crippen LogP contribution in [0.5, 0.6) is 0 Å². The number of fused-ring (bicyclic) bond motifs is 1. The predicted octanol–water partition coefficient (Wildman–Crippen LogP) is 1.77. The van der Waals surface area contributed by atoms with Gasteiger partial charge in [0.1, 0.15) is 0 Å². The maximum atomic E-state index is 5.41. The smallest absolute Gasteiger partial charge is 0.0936 e. The van der Waals surface area contributed by atoms with Crippen LogP contribution in [0.4, 0.5) is 0 Å². The lowest BCUT2D eigenvalue weighted by Crippen LogP contribution is -2.34. The van der Waals surface area contributed by atoms with Gasteiger partial charge in [-0.1, -0.05) is 24.3 Å². The molecule has 3 heteroatoms. The van der Waals surface area contributed by atoms with E-state index in [0.717, 1.165) is 26.3 Å². The number of epoxide rings is 2.